The maximum Gasteiger partial charge on any atom is 0.146 e. The van der Waals surface area contributed by atoms with E-state index in [2.05, 4.69) is 0 Å². The lowest BCUT2D eigenvalue weighted by molar-refractivity contribution is 0.480. The van der Waals surface area contributed by atoms with Crippen LogP contribution in [0.25, 0.3) is 21.9 Å². The second-order valence-corrected chi connectivity index (χ2v) is 4.28. The first kappa shape index (κ1) is 10.7. The summed E-state index contributed by atoms with van der Waals surface area (Å²) in [4.78, 5) is 0. The van der Waals surface area contributed by atoms with Gasteiger partial charge in [0.05, 0.1) is 5.69 Å². The van der Waals surface area contributed by atoms with E-state index in [1.165, 1.54) is 0 Å². The quantitative estimate of drug-likeness (QED) is 0.498. The van der Waals surface area contributed by atoms with Crippen molar-refractivity contribution in [1.82, 2.24) is 0 Å². The molecule has 3 aromatic carbocycles. The molecule has 0 heterocycles. The second kappa shape index (κ2) is 4.08. The topological polar surface area (TPSA) is 46.2 Å². The van der Waals surface area contributed by atoms with Crippen LogP contribution in [0.15, 0.2) is 60.7 Å². The second-order valence-electron chi connectivity index (χ2n) is 4.28. The van der Waals surface area contributed by atoms with Crippen molar-refractivity contribution in [2.24, 2.45) is 0 Å². The molecule has 0 fully saturated rings. The van der Waals surface area contributed by atoms with Crippen LogP contribution in [-0.2, 0) is 0 Å². The van der Waals surface area contributed by atoms with Gasteiger partial charge >= 0.3 is 0 Å². The van der Waals surface area contributed by atoms with Gasteiger partial charge in [-0.15, -0.1) is 0 Å². The summed E-state index contributed by atoms with van der Waals surface area (Å²) >= 11 is 0. The van der Waals surface area contributed by atoms with Crippen LogP contribution in [0.1, 0.15) is 0 Å². The van der Waals surface area contributed by atoms with Crippen LogP contribution >= 0.6 is 0 Å². The molecule has 3 aromatic rings. The third-order valence-corrected chi connectivity index (χ3v) is 3.11. The van der Waals surface area contributed by atoms with Gasteiger partial charge in [0.25, 0.3) is 0 Å². The molecular formula is C16H13NO. The largest absolute Gasteiger partial charge is 0.505 e. The van der Waals surface area contributed by atoms with Gasteiger partial charge in [-0.3, -0.25) is 0 Å². The van der Waals surface area contributed by atoms with Crippen molar-refractivity contribution >= 4 is 16.5 Å². The van der Waals surface area contributed by atoms with E-state index in [4.69, 9.17) is 5.73 Å². The number of rotatable bonds is 1. The molecule has 2 heteroatoms. The fraction of sp³-hybridized carbons (Fsp3) is 0. The van der Waals surface area contributed by atoms with Crippen LogP contribution in [0.5, 0.6) is 5.75 Å². The molecule has 0 aromatic heterocycles. The predicted octanol–water partition coefficient (Wildman–Crippen LogP) is 3.79. The smallest absolute Gasteiger partial charge is 0.146 e. The summed E-state index contributed by atoms with van der Waals surface area (Å²) in [6.07, 6.45) is 0. The molecule has 0 aliphatic heterocycles. The Bertz CT molecular complexity index is 705. The number of hydrogen-bond acceptors (Lipinski definition) is 2. The Labute approximate surface area is 105 Å². The summed E-state index contributed by atoms with van der Waals surface area (Å²) in [5.41, 5.74) is 8.05. The molecular weight excluding hydrogens is 222 g/mol. The molecule has 88 valence electrons. The average Bonchev–Trinajstić information content (AvgIpc) is 2.41. The van der Waals surface area contributed by atoms with Gasteiger partial charge in [0.2, 0.25) is 0 Å². The molecule has 0 aliphatic rings. The molecule has 2 nitrogen and oxygen atoms in total. The lowest BCUT2D eigenvalue weighted by Gasteiger charge is -2.11. The Hall–Kier alpha value is -2.48. The molecule has 0 saturated heterocycles. The zero-order valence-electron chi connectivity index (χ0n) is 9.80. The number of benzene rings is 3. The molecule has 3 N–H and O–H groups in total. The third-order valence-electron chi connectivity index (χ3n) is 3.11. The van der Waals surface area contributed by atoms with Gasteiger partial charge in [-0.25, -0.2) is 0 Å². The van der Waals surface area contributed by atoms with Gasteiger partial charge in [-0.2, -0.15) is 0 Å². The van der Waals surface area contributed by atoms with Crippen molar-refractivity contribution in [3.63, 3.8) is 0 Å². The maximum absolute atomic E-state index is 10.2. The highest BCUT2D eigenvalue weighted by Gasteiger charge is 2.12. The highest BCUT2D eigenvalue weighted by molar-refractivity contribution is 6.02. The Morgan fingerprint density at radius 3 is 2.28 bits per heavy atom. The molecule has 0 atom stereocenters. The van der Waals surface area contributed by atoms with Crippen molar-refractivity contribution in [3.05, 3.63) is 60.7 Å². The first-order chi connectivity index (χ1) is 8.77. The Balaban J connectivity index is 2.43. The van der Waals surface area contributed by atoms with E-state index in [0.717, 1.165) is 21.9 Å². The number of hydrogen-bond donors (Lipinski definition) is 2. The van der Waals surface area contributed by atoms with E-state index in [1.807, 2.05) is 54.6 Å². The molecule has 0 aliphatic carbocycles. The fourth-order valence-electron chi connectivity index (χ4n) is 2.26. The van der Waals surface area contributed by atoms with E-state index < -0.39 is 0 Å². The summed E-state index contributed by atoms with van der Waals surface area (Å²) in [7, 11) is 0. The summed E-state index contributed by atoms with van der Waals surface area (Å²) < 4.78 is 0. The number of nitrogen functional groups attached to an aromatic ring is 1. The Morgan fingerprint density at radius 1 is 0.833 bits per heavy atom. The molecule has 0 bridgehead atoms. The molecule has 0 saturated carbocycles. The van der Waals surface area contributed by atoms with E-state index in [1.54, 1.807) is 6.07 Å². The van der Waals surface area contributed by atoms with Crippen molar-refractivity contribution < 1.29 is 5.11 Å². The zero-order valence-corrected chi connectivity index (χ0v) is 9.80. The van der Waals surface area contributed by atoms with E-state index in [-0.39, 0.29) is 5.75 Å². The third kappa shape index (κ3) is 1.59. The monoisotopic (exact) mass is 235 g/mol. The van der Waals surface area contributed by atoms with Gasteiger partial charge in [0.15, 0.2) is 0 Å². The van der Waals surface area contributed by atoms with E-state index in [0.29, 0.717) is 5.69 Å². The minimum absolute atomic E-state index is 0.153. The standard InChI is InChI=1S/C16H13NO/c17-14-10-12-8-4-5-9-13(12)15(16(14)18)11-6-2-1-3-7-11/h1-10,18H,17H2. The van der Waals surface area contributed by atoms with Crippen molar-refractivity contribution in [3.8, 4) is 16.9 Å². The summed E-state index contributed by atoms with van der Waals surface area (Å²) in [6.45, 7) is 0. The predicted molar refractivity (Wildman–Crippen MR) is 75.5 cm³/mol. The lowest BCUT2D eigenvalue weighted by atomic mass is 9.96. The first-order valence-corrected chi connectivity index (χ1v) is 5.83. The van der Waals surface area contributed by atoms with Crippen LogP contribution in [0, 0.1) is 0 Å². The average molecular weight is 235 g/mol. The van der Waals surface area contributed by atoms with Crippen molar-refractivity contribution in [2.45, 2.75) is 0 Å². The summed E-state index contributed by atoms with van der Waals surface area (Å²) in [6, 6.07) is 19.5. The SMILES string of the molecule is Nc1cc2ccccc2c(-c2ccccc2)c1O. The van der Waals surface area contributed by atoms with Crippen molar-refractivity contribution in [1.29, 1.82) is 0 Å². The minimum atomic E-state index is 0.153. The van der Waals surface area contributed by atoms with Crippen LogP contribution < -0.4 is 5.73 Å². The van der Waals surface area contributed by atoms with Gasteiger partial charge in [-0.05, 0) is 22.4 Å². The molecule has 0 unspecified atom stereocenters. The highest BCUT2D eigenvalue weighted by atomic mass is 16.3. The Morgan fingerprint density at radius 2 is 1.50 bits per heavy atom. The maximum atomic E-state index is 10.2. The number of aromatic hydroxyl groups is 1. The molecule has 0 radical (unpaired) electrons. The van der Waals surface area contributed by atoms with Crippen LogP contribution in [0.4, 0.5) is 5.69 Å². The first-order valence-electron chi connectivity index (χ1n) is 5.83. The van der Waals surface area contributed by atoms with Gasteiger partial charge in [0.1, 0.15) is 5.75 Å². The highest BCUT2D eigenvalue weighted by Crippen LogP contribution is 2.40. The minimum Gasteiger partial charge on any atom is -0.505 e. The number of nitrogens with two attached hydrogens (primary N) is 1. The summed E-state index contributed by atoms with van der Waals surface area (Å²) in [5, 5.41) is 12.3. The molecule has 0 spiro atoms. The van der Waals surface area contributed by atoms with Gasteiger partial charge in [-0.1, -0.05) is 54.6 Å². The normalized spacial score (nSPS) is 10.7. The van der Waals surface area contributed by atoms with Gasteiger partial charge < -0.3 is 10.8 Å². The summed E-state index contributed by atoms with van der Waals surface area (Å²) in [5.74, 6) is 0.153. The Kier molecular flexibility index (Phi) is 2.41. The van der Waals surface area contributed by atoms with E-state index in [9.17, 15) is 5.11 Å². The number of fused-ring (bicyclic) bond motifs is 1. The number of phenols is 1. The molecule has 3 rings (SSSR count). The zero-order chi connectivity index (χ0) is 12.5. The number of phenolic OH excluding ortho intramolecular Hbond substituents is 1. The number of anilines is 1. The van der Waals surface area contributed by atoms with Crippen LogP contribution in [0.2, 0.25) is 0 Å². The van der Waals surface area contributed by atoms with Crippen LogP contribution in [0.3, 0.4) is 0 Å². The van der Waals surface area contributed by atoms with Crippen LogP contribution in [-0.4, -0.2) is 5.11 Å². The molecule has 18 heavy (non-hydrogen) atoms. The van der Waals surface area contributed by atoms with Gasteiger partial charge in [0, 0.05) is 5.56 Å². The lowest BCUT2D eigenvalue weighted by Crippen LogP contribution is -1.90. The molecule has 0 amide bonds. The fourth-order valence-corrected chi connectivity index (χ4v) is 2.26. The van der Waals surface area contributed by atoms with Crippen molar-refractivity contribution in [2.75, 3.05) is 5.73 Å². The van der Waals surface area contributed by atoms with E-state index >= 15 is 0 Å².